The van der Waals surface area contributed by atoms with Crippen LogP contribution in [0.3, 0.4) is 0 Å². The minimum atomic E-state index is -0.349. The molecule has 0 aromatic carbocycles. The van der Waals surface area contributed by atoms with Crippen LogP contribution >= 0.6 is 0 Å². The summed E-state index contributed by atoms with van der Waals surface area (Å²) in [6, 6.07) is 3.51. The number of nitrogens with zero attached hydrogens (tertiary/aromatic N) is 3. The molecule has 6 nitrogen and oxygen atoms in total. The average molecular weight is 220 g/mol. The molecule has 1 fully saturated rings. The van der Waals surface area contributed by atoms with Gasteiger partial charge in [-0.25, -0.2) is 9.89 Å². The van der Waals surface area contributed by atoms with E-state index in [1.807, 2.05) is 0 Å². The van der Waals surface area contributed by atoms with E-state index in [0.717, 1.165) is 18.5 Å². The van der Waals surface area contributed by atoms with E-state index in [2.05, 4.69) is 15.3 Å². The van der Waals surface area contributed by atoms with E-state index >= 15 is 0 Å². The monoisotopic (exact) mass is 220 g/mol. The number of hydrogen-bond acceptors (Lipinski definition) is 4. The van der Waals surface area contributed by atoms with Gasteiger partial charge in [0.1, 0.15) is 0 Å². The van der Waals surface area contributed by atoms with Crippen molar-refractivity contribution in [2.75, 3.05) is 0 Å². The third-order valence-corrected chi connectivity index (χ3v) is 2.91. The minimum Gasteiger partial charge on any atom is -0.392 e. The lowest BCUT2D eigenvalue weighted by Gasteiger charge is -2.07. The number of aromatic nitrogens is 4. The van der Waals surface area contributed by atoms with Crippen molar-refractivity contribution in [2.45, 2.75) is 25.4 Å². The van der Waals surface area contributed by atoms with Gasteiger partial charge in [-0.15, -0.1) is 0 Å². The zero-order valence-corrected chi connectivity index (χ0v) is 8.63. The highest BCUT2D eigenvalue weighted by Crippen LogP contribution is 2.33. The van der Waals surface area contributed by atoms with E-state index in [-0.39, 0.29) is 11.8 Å². The number of rotatable bonds is 3. The lowest BCUT2D eigenvalue weighted by molar-refractivity contribution is 0.150. The fraction of sp³-hybridized carbons (Fsp3) is 0.500. The third kappa shape index (κ3) is 1.61. The fourth-order valence-electron chi connectivity index (χ4n) is 1.81. The number of hydrogen-bond donors (Lipinski definition) is 2. The minimum absolute atomic E-state index is 0.340. The van der Waals surface area contributed by atoms with E-state index in [1.54, 1.807) is 12.1 Å². The highest BCUT2D eigenvalue weighted by atomic mass is 16.3. The van der Waals surface area contributed by atoms with Crippen LogP contribution in [0, 0.1) is 5.92 Å². The summed E-state index contributed by atoms with van der Waals surface area (Å²) >= 11 is 0. The molecule has 0 amide bonds. The van der Waals surface area contributed by atoms with Gasteiger partial charge in [-0.1, -0.05) is 0 Å². The number of aliphatic hydroxyl groups excluding tert-OH is 1. The van der Waals surface area contributed by atoms with Gasteiger partial charge in [-0.05, 0) is 30.9 Å². The van der Waals surface area contributed by atoms with Gasteiger partial charge in [0.05, 0.1) is 11.8 Å². The molecule has 16 heavy (non-hydrogen) atoms. The Morgan fingerprint density at radius 1 is 1.56 bits per heavy atom. The van der Waals surface area contributed by atoms with Crippen LogP contribution in [0.1, 0.15) is 18.5 Å². The van der Waals surface area contributed by atoms with Gasteiger partial charge in [0.2, 0.25) is 0 Å². The quantitative estimate of drug-likeness (QED) is 0.746. The molecule has 1 atom stereocenters. The predicted octanol–water partition coefficient (Wildman–Crippen LogP) is -0.269. The molecule has 0 radical (unpaired) electrons. The second-order valence-corrected chi connectivity index (χ2v) is 4.23. The predicted molar refractivity (Wildman–Crippen MR) is 56.0 cm³/mol. The lowest BCUT2D eigenvalue weighted by Crippen LogP contribution is -2.18. The van der Waals surface area contributed by atoms with Gasteiger partial charge in [-0.2, -0.15) is 14.7 Å². The Hall–Kier alpha value is -1.69. The Morgan fingerprint density at radius 3 is 3.12 bits per heavy atom. The van der Waals surface area contributed by atoms with Crippen molar-refractivity contribution in [3.63, 3.8) is 0 Å². The van der Waals surface area contributed by atoms with Crippen molar-refractivity contribution < 1.29 is 5.11 Å². The largest absolute Gasteiger partial charge is 0.392 e. The Kier molecular flexibility index (Phi) is 2.03. The molecule has 6 heteroatoms. The van der Waals surface area contributed by atoms with Gasteiger partial charge < -0.3 is 5.11 Å². The molecule has 2 aromatic heterocycles. The first kappa shape index (κ1) is 9.53. The highest BCUT2D eigenvalue weighted by Gasteiger charge is 2.29. The molecular weight excluding hydrogens is 208 g/mol. The molecule has 1 aliphatic rings. The molecule has 84 valence electrons. The van der Waals surface area contributed by atoms with Crippen molar-refractivity contribution in [1.82, 2.24) is 19.8 Å². The first-order valence-electron chi connectivity index (χ1n) is 5.35. The molecular formula is C10H12N4O2. The molecule has 2 N–H and O–H groups in total. The van der Waals surface area contributed by atoms with Crippen LogP contribution < -0.4 is 5.69 Å². The first-order chi connectivity index (χ1) is 7.74. The molecule has 3 rings (SSSR count). The fourth-order valence-corrected chi connectivity index (χ4v) is 1.81. The maximum atomic E-state index is 11.3. The Morgan fingerprint density at radius 2 is 2.38 bits per heavy atom. The standard InChI is InChI=1S/C10H12N4O2/c15-8(6-1-2-6)5-7-3-4-9-11-12-10(16)14(9)13-7/h3-4,6,8,15H,1-2,5H2,(H,12,16). The van der Waals surface area contributed by atoms with E-state index < -0.39 is 0 Å². The van der Waals surface area contributed by atoms with Crippen LogP contribution in [0.25, 0.3) is 5.65 Å². The molecule has 1 aliphatic carbocycles. The van der Waals surface area contributed by atoms with Crippen molar-refractivity contribution in [3.05, 3.63) is 28.3 Å². The second kappa shape index (κ2) is 3.41. The topological polar surface area (TPSA) is 83.3 Å². The molecule has 0 bridgehead atoms. The van der Waals surface area contributed by atoms with E-state index in [4.69, 9.17) is 0 Å². The Balaban J connectivity index is 1.91. The van der Waals surface area contributed by atoms with Gasteiger partial charge >= 0.3 is 5.69 Å². The molecule has 0 saturated heterocycles. The molecule has 2 aromatic rings. The first-order valence-corrected chi connectivity index (χ1v) is 5.35. The molecule has 0 spiro atoms. The van der Waals surface area contributed by atoms with Crippen LogP contribution in [-0.2, 0) is 6.42 Å². The second-order valence-electron chi connectivity index (χ2n) is 4.23. The summed E-state index contributed by atoms with van der Waals surface area (Å²) in [5.41, 5.74) is 0.864. The van der Waals surface area contributed by atoms with Crippen molar-refractivity contribution >= 4 is 5.65 Å². The summed E-state index contributed by atoms with van der Waals surface area (Å²) in [5.74, 6) is 0.415. The van der Waals surface area contributed by atoms with Gasteiger partial charge in [-0.3, -0.25) is 0 Å². The number of aromatic amines is 1. The van der Waals surface area contributed by atoms with Crippen LogP contribution in [0.4, 0.5) is 0 Å². The summed E-state index contributed by atoms with van der Waals surface area (Å²) in [4.78, 5) is 11.3. The van der Waals surface area contributed by atoms with Gasteiger partial charge in [0, 0.05) is 6.42 Å². The summed E-state index contributed by atoms with van der Waals surface area (Å²) in [5, 5.41) is 20.0. The van der Waals surface area contributed by atoms with E-state index in [1.165, 1.54) is 4.52 Å². The number of aliphatic hydroxyl groups is 1. The van der Waals surface area contributed by atoms with Gasteiger partial charge in [0.25, 0.3) is 0 Å². The molecule has 1 saturated carbocycles. The maximum absolute atomic E-state index is 11.3. The van der Waals surface area contributed by atoms with Crippen LogP contribution in [0.5, 0.6) is 0 Å². The third-order valence-electron chi connectivity index (χ3n) is 2.91. The zero-order chi connectivity index (χ0) is 11.1. The number of H-pyrrole nitrogens is 1. The smallest absolute Gasteiger partial charge is 0.364 e. The van der Waals surface area contributed by atoms with Gasteiger partial charge in [0.15, 0.2) is 5.65 Å². The van der Waals surface area contributed by atoms with Crippen molar-refractivity contribution in [2.24, 2.45) is 5.92 Å². The summed E-state index contributed by atoms with van der Waals surface area (Å²) in [7, 11) is 0. The average Bonchev–Trinajstić information content (AvgIpc) is 3.06. The summed E-state index contributed by atoms with van der Waals surface area (Å²) in [6.45, 7) is 0. The molecule has 2 heterocycles. The van der Waals surface area contributed by atoms with Crippen LogP contribution in [0.15, 0.2) is 16.9 Å². The normalized spacial score (nSPS) is 17.8. The maximum Gasteiger partial charge on any atom is 0.364 e. The Bertz CT molecular complexity index is 569. The van der Waals surface area contributed by atoms with Crippen molar-refractivity contribution in [3.8, 4) is 0 Å². The van der Waals surface area contributed by atoms with Crippen LogP contribution in [0.2, 0.25) is 0 Å². The van der Waals surface area contributed by atoms with E-state index in [9.17, 15) is 9.90 Å². The van der Waals surface area contributed by atoms with Crippen molar-refractivity contribution in [1.29, 1.82) is 0 Å². The lowest BCUT2D eigenvalue weighted by atomic mass is 10.1. The SMILES string of the molecule is O=c1[nH]nc2ccc(CC(O)C3CC3)nn12. The zero-order valence-electron chi connectivity index (χ0n) is 8.63. The number of nitrogens with one attached hydrogen (secondary N) is 1. The summed E-state index contributed by atoms with van der Waals surface area (Å²) < 4.78 is 1.22. The Labute approximate surface area is 90.9 Å². The molecule has 0 aliphatic heterocycles. The summed E-state index contributed by atoms with van der Waals surface area (Å²) in [6.07, 6.45) is 2.34. The van der Waals surface area contributed by atoms with E-state index in [0.29, 0.717) is 18.0 Å². The van der Waals surface area contributed by atoms with Crippen LogP contribution in [-0.4, -0.2) is 31.0 Å². The highest BCUT2D eigenvalue weighted by molar-refractivity contribution is 5.34. The molecule has 1 unspecified atom stereocenters. The number of fused-ring (bicyclic) bond motifs is 1.